The maximum absolute atomic E-state index is 12.4. The van der Waals surface area contributed by atoms with E-state index in [9.17, 15) is 9.59 Å². The zero-order chi connectivity index (χ0) is 13.4. The van der Waals surface area contributed by atoms with Crippen molar-refractivity contribution in [3.63, 3.8) is 0 Å². The molecule has 0 aromatic heterocycles. The summed E-state index contributed by atoms with van der Waals surface area (Å²) in [6.07, 6.45) is 6.51. The van der Waals surface area contributed by atoms with Crippen LogP contribution < -0.4 is 0 Å². The number of amides is 1. The molecule has 1 atom stereocenters. The fourth-order valence-corrected chi connectivity index (χ4v) is 2.82. The molecule has 19 heavy (non-hydrogen) atoms. The van der Waals surface area contributed by atoms with Gasteiger partial charge < -0.3 is 10.0 Å². The molecule has 1 aromatic rings. The van der Waals surface area contributed by atoms with Crippen LogP contribution in [0, 0.1) is 0 Å². The number of carboxylic acids is 1. The van der Waals surface area contributed by atoms with E-state index in [1.54, 1.807) is 12.2 Å². The van der Waals surface area contributed by atoms with E-state index in [4.69, 9.17) is 5.11 Å². The van der Waals surface area contributed by atoms with Crippen molar-refractivity contribution in [1.29, 1.82) is 0 Å². The van der Waals surface area contributed by atoms with Crippen molar-refractivity contribution < 1.29 is 14.7 Å². The molecule has 1 aromatic carbocycles. The van der Waals surface area contributed by atoms with Gasteiger partial charge >= 0.3 is 5.97 Å². The highest BCUT2D eigenvalue weighted by atomic mass is 16.4. The molecule has 0 saturated carbocycles. The van der Waals surface area contributed by atoms with Crippen LogP contribution in [-0.2, 0) is 17.6 Å². The van der Waals surface area contributed by atoms with Gasteiger partial charge in [-0.1, -0.05) is 18.2 Å². The molecule has 98 valence electrons. The number of hydrogen-bond acceptors (Lipinski definition) is 2. The lowest BCUT2D eigenvalue weighted by atomic mass is 10.1. The van der Waals surface area contributed by atoms with Crippen molar-refractivity contribution in [3.8, 4) is 0 Å². The van der Waals surface area contributed by atoms with Crippen LogP contribution in [0.4, 0.5) is 0 Å². The van der Waals surface area contributed by atoms with E-state index in [2.05, 4.69) is 0 Å². The van der Waals surface area contributed by atoms with E-state index in [0.717, 1.165) is 19.3 Å². The summed E-state index contributed by atoms with van der Waals surface area (Å²) in [5.41, 5.74) is 3.13. The molecule has 0 fully saturated rings. The van der Waals surface area contributed by atoms with Crippen LogP contribution >= 0.6 is 0 Å². The van der Waals surface area contributed by atoms with Gasteiger partial charge in [0, 0.05) is 12.1 Å². The smallest absolute Gasteiger partial charge is 0.330 e. The summed E-state index contributed by atoms with van der Waals surface area (Å²) in [5, 5.41) is 9.09. The molecule has 1 unspecified atom stereocenters. The molecule has 1 N–H and O–H groups in total. The lowest BCUT2D eigenvalue weighted by molar-refractivity contribution is -0.140. The Morgan fingerprint density at radius 2 is 2.00 bits per heavy atom. The summed E-state index contributed by atoms with van der Waals surface area (Å²) in [6, 6.07) is 4.89. The third-order valence-electron chi connectivity index (χ3n) is 3.82. The summed E-state index contributed by atoms with van der Waals surface area (Å²) in [4.78, 5) is 24.9. The Labute approximate surface area is 111 Å². The highest BCUT2D eigenvalue weighted by molar-refractivity contribution is 5.98. The number of benzene rings is 1. The Morgan fingerprint density at radius 3 is 2.79 bits per heavy atom. The summed E-state index contributed by atoms with van der Waals surface area (Å²) >= 11 is 0. The van der Waals surface area contributed by atoms with Gasteiger partial charge in [0.15, 0.2) is 0 Å². The minimum absolute atomic E-state index is 0.202. The molecule has 3 rings (SSSR count). The predicted octanol–water partition coefficient (Wildman–Crippen LogP) is 1.64. The molecular formula is C15H15NO3. The Morgan fingerprint density at radius 1 is 1.21 bits per heavy atom. The SMILES string of the molecule is O=C(O)C1C=CCN1C(=O)c1ccc2c(c1)CCC2. The Bertz CT molecular complexity index is 577. The van der Waals surface area contributed by atoms with Gasteiger partial charge in [0.2, 0.25) is 0 Å². The van der Waals surface area contributed by atoms with Crippen LogP contribution in [0.1, 0.15) is 27.9 Å². The van der Waals surface area contributed by atoms with E-state index >= 15 is 0 Å². The number of rotatable bonds is 2. The van der Waals surface area contributed by atoms with Crippen molar-refractivity contribution in [2.75, 3.05) is 6.54 Å². The summed E-state index contributed by atoms with van der Waals surface area (Å²) in [7, 11) is 0. The number of carbonyl (C=O) groups excluding carboxylic acids is 1. The van der Waals surface area contributed by atoms with Crippen molar-refractivity contribution in [1.82, 2.24) is 4.90 Å². The van der Waals surface area contributed by atoms with Crippen LogP contribution in [0.2, 0.25) is 0 Å². The molecule has 4 nitrogen and oxygen atoms in total. The molecule has 0 saturated heterocycles. The maximum atomic E-state index is 12.4. The molecule has 1 heterocycles. The van der Waals surface area contributed by atoms with Crippen molar-refractivity contribution in [2.24, 2.45) is 0 Å². The third kappa shape index (κ3) is 2.03. The second kappa shape index (κ2) is 4.53. The summed E-state index contributed by atoms with van der Waals surface area (Å²) in [6.45, 7) is 0.368. The summed E-state index contributed by atoms with van der Waals surface area (Å²) in [5.74, 6) is -1.18. The topological polar surface area (TPSA) is 57.6 Å². The number of hydrogen-bond donors (Lipinski definition) is 1. The average molecular weight is 257 g/mol. The van der Waals surface area contributed by atoms with Crippen LogP contribution in [0.15, 0.2) is 30.4 Å². The van der Waals surface area contributed by atoms with Crippen LogP contribution in [-0.4, -0.2) is 34.5 Å². The Kier molecular flexibility index (Phi) is 2.85. The Balaban J connectivity index is 1.86. The number of carboxylic acid groups (broad SMARTS) is 1. The first-order valence-electron chi connectivity index (χ1n) is 6.49. The second-order valence-electron chi connectivity index (χ2n) is 5.01. The molecule has 0 bridgehead atoms. The fourth-order valence-electron chi connectivity index (χ4n) is 2.82. The quantitative estimate of drug-likeness (QED) is 0.819. The van der Waals surface area contributed by atoms with Gasteiger partial charge in [0.1, 0.15) is 6.04 Å². The first-order valence-corrected chi connectivity index (χ1v) is 6.49. The molecule has 2 aliphatic rings. The third-order valence-corrected chi connectivity index (χ3v) is 3.82. The van der Waals surface area contributed by atoms with Crippen LogP contribution in [0.3, 0.4) is 0 Å². The van der Waals surface area contributed by atoms with Gasteiger partial charge in [-0.05, 0) is 42.5 Å². The number of aryl methyl sites for hydroxylation is 2. The molecule has 0 spiro atoms. The van der Waals surface area contributed by atoms with E-state index in [0.29, 0.717) is 12.1 Å². The van der Waals surface area contributed by atoms with Gasteiger partial charge in [-0.2, -0.15) is 0 Å². The average Bonchev–Trinajstić information content (AvgIpc) is 3.05. The first-order chi connectivity index (χ1) is 9.16. The Hall–Kier alpha value is -2.10. The molecule has 1 amide bonds. The van der Waals surface area contributed by atoms with E-state index in [1.807, 2.05) is 18.2 Å². The van der Waals surface area contributed by atoms with Gasteiger partial charge in [-0.3, -0.25) is 4.79 Å². The van der Waals surface area contributed by atoms with Crippen molar-refractivity contribution in [3.05, 3.63) is 47.0 Å². The van der Waals surface area contributed by atoms with Gasteiger partial charge in [-0.15, -0.1) is 0 Å². The number of aliphatic carboxylic acids is 1. The fraction of sp³-hybridized carbons (Fsp3) is 0.333. The lowest BCUT2D eigenvalue weighted by Gasteiger charge is -2.21. The maximum Gasteiger partial charge on any atom is 0.330 e. The lowest BCUT2D eigenvalue weighted by Crippen LogP contribution is -2.40. The first kappa shape index (κ1) is 12.0. The zero-order valence-corrected chi connectivity index (χ0v) is 10.5. The highest BCUT2D eigenvalue weighted by Gasteiger charge is 2.31. The standard InChI is InChI=1S/C15H15NO3/c17-14(16-8-2-5-13(16)15(18)19)12-7-6-10-3-1-4-11(10)9-12/h2,5-7,9,13H,1,3-4,8H2,(H,18,19). The van der Waals surface area contributed by atoms with Crippen molar-refractivity contribution >= 4 is 11.9 Å². The largest absolute Gasteiger partial charge is 0.479 e. The molecular weight excluding hydrogens is 242 g/mol. The van der Waals surface area contributed by atoms with E-state index < -0.39 is 12.0 Å². The van der Waals surface area contributed by atoms with Gasteiger partial charge in [0.25, 0.3) is 5.91 Å². The highest BCUT2D eigenvalue weighted by Crippen LogP contribution is 2.24. The minimum atomic E-state index is -0.983. The number of fused-ring (bicyclic) bond motifs is 1. The normalized spacial score (nSPS) is 20.6. The second-order valence-corrected chi connectivity index (χ2v) is 5.01. The van der Waals surface area contributed by atoms with Gasteiger partial charge in [0.05, 0.1) is 0 Å². The summed E-state index contributed by atoms with van der Waals surface area (Å²) < 4.78 is 0. The zero-order valence-electron chi connectivity index (χ0n) is 10.5. The minimum Gasteiger partial charge on any atom is -0.479 e. The van der Waals surface area contributed by atoms with E-state index in [-0.39, 0.29) is 5.91 Å². The number of nitrogens with zero attached hydrogens (tertiary/aromatic N) is 1. The van der Waals surface area contributed by atoms with Crippen LogP contribution in [0.5, 0.6) is 0 Å². The monoisotopic (exact) mass is 257 g/mol. The predicted molar refractivity (Wildman–Crippen MR) is 70.1 cm³/mol. The van der Waals surface area contributed by atoms with Gasteiger partial charge in [-0.25, -0.2) is 4.79 Å². The van der Waals surface area contributed by atoms with Crippen LogP contribution in [0.25, 0.3) is 0 Å². The van der Waals surface area contributed by atoms with Crippen molar-refractivity contribution in [2.45, 2.75) is 25.3 Å². The molecule has 0 radical (unpaired) electrons. The number of carbonyl (C=O) groups is 2. The molecule has 4 heteroatoms. The molecule has 1 aliphatic heterocycles. The van der Waals surface area contributed by atoms with E-state index in [1.165, 1.54) is 16.0 Å². The molecule has 1 aliphatic carbocycles.